The highest BCUT2D eigenvalue weighted by Crippen LogP contribution is 2.26. The molecule has 0 fully saturated rings. The van der Waals surface area contributed by atoms with E-state index in [2.05, 4.69) is 4.99 Å². The molecule has 0 saturated heterocycles. The van der Waals surface area contributed by atoms with Crippen LogP contribution in [0.1, 0.15) is 11.1 Å². The number of ether oxygens (including phenoxy) is 2. The van der Waals surface area contributed by atoms with Gasteiger partial charge < -0.3 is 9.47 Å². The molecule has 0 radical (unpaired) electrons. The minimum absolute atomic E-state index is 0.275. The maximum absolute atomic E-state index is 13.1. The summed E-state index contributed by atoms with van der Waals surface area (Å²) in [6.07, 6.45) is 1.71. The van der Waals surface area contributed by atoms with Gasteiger partial charge in [-0.05, 0) is 72.3 Å². The second-order valence-electron chi connectivity index (χ2n) is 6.76. The predicted octanol–water partition coefficient (Wildman–Crippen LogP) is 7.60. The van der Waals surface area contributed by atoms with Crippen LogP contribution in [0.4, 0.5) is 10.1 Å². The second kappa shape index (κ2) is 9.92. The van der Waals surface area contributed by atoms with Crippen LogP contribution >= 0.6 is 11.6 Å². The lowest BCUT2D eigenvalue weighted by Gasteiger charge is -2.10. The molecule has 4 aromatic rings. The molecular weight excluding hydrogens is 413 g/mol. The van der Waals surface area contributed by atoms with Crippen molar-refractivity contribution in [1.29, 1.82) is 0 Å². The first-order chi connectivity index (χ1) is 15.2. The lowest BCUT2D eigenvalue weighted by Crippen LogP contribution is -1.98. The summed E-state index contributed by atoms with van der Waals surface area (Å²) in [7, 11) is 0. The fourth-order valence-electron chi connectivity index (χ4n) is 2.86. The SMILES string of the molecule is Fc1ccc(COc2ccc(Cl)cc2C=Nc2ccc(Oc3ccccc3)cc2)cc1. The lowest BCUT2D eigenvalue weighted by molar-refractivity contribution is 0.305. The van der Waals surface area contributed by atoms with Gasteiger partial charge in [0.15, 0.2) is 0 Å². The molecule has 0 aromatic heterocycles. The van der Waals surface area contributed by atoms with E-state index in [4.69, 9.17) is 21.1 Å². The van der Waals surface area contributed by atoms with Crippen molar-refractivity contribution >= 4 is 23.5 Å². The van der Waals surface area contributed by atoms with Gasteiger partial charge in [0.1, 0.15) is 29.7 Å². The number of hydrogen-bond acceptors (Lipinski definition) is 3. The minimum Gasteiger partial charge on any atom is -0.488 e. The van der Waals surface area contributed by atoms with E-state index in [-0.39, 0.29) is 5.82 Å². The van der Waals surface area contributed by atoms with Gasteiger partial charge in [0.25, 0.3) is 0 Å². The first kappa shape index (κ1) is 20.6. The molecule has 31 heavy (non-hydrogen) atoms. The summed E-state index contributed by atoms with van der Waals surface area (Å²) < 4.78 is 24.8. The summed E-state index contributed by atoms with van der Waals surface area (Å²) in [5.74, 6) is 1.88. The molecule has 0 aliphatic carbocycles. The van der Waals surface area contributed by atoms with E-state index in [0.29, 0.717) is 17.4 Å². The van der Waals surface area contributed by atoms with Crippen molar-refractivity contribution in [2.75, 3.05) is 0 Å². The van der Waals surface area contributed by atoms with Crippen LogP contribution in [-0.2, 0) is 6.61 Å². The summed E-state index contributed by atoms with van der Waals surface area (Å²) in [6.45, 7) is 0.314. The van der Waals surface area contributed by atoms with Gasteiger partial charge in [-0.1, -0.05) is 41.9 Å². The van der Waals surface area contributed by atoms with Crippen molar-refractivity contribution in [3.63, 3.8) is 0 Å². The van der Waals surface area contributed by atoms with Crippen LogP contribution in [0.2, 0.25) is 5.02 Å². The molecule has 4 rings (SSSR count). The third-order valence-electron chi connectivity index (χ3n) is 4.45. The van der Waals surface area contributed by atoms with Crippen molar-refractivity contribution in [2.45, 2.75) is 6.61 Å². The highest BCUT2D eigenvalue weighted by Gasteiger charge is 2.05. The Balaban J connectivity index is 1.45. The summed E-state index contributed by atoms with van der Waals surface area (Å²) in [5.41, 5.74) is 2.39. The van der Waals surface area contributed by atoms with Crippen molar-refractivity contribution < 1.29 is 13.9 Å². The molecule has 0 aliphatic rings. The van der Waals surface area contributed by atoms with Crippen LogP contribution in [-0.4, -0.2) is 6.21 Å². The molecule has 0 spiro atoms. The molecule has 0 aliphatic heterocycles. The van der Waals surface area contributed by atoms with Crippen LogP contribution in [0.25, 0.3) is 0 Å². The fourth-order valence-corrected chi connectivity index (χ4v) is 3.04. The van der Waals surface area contributed by atoms with Crippen LogP contribution in [0.15, 0.2) is 102 Å². The Hall–Kier alpha value is -3.63. The zero-order chi connectivity index (χ0) is 21.5. The third kappa shape index (κ3) is 5.93. The zero-order valence-corrected chi connectivity index (χ0v) is 17.3. The van der Waals surface area contributed by atoms with Crippen molar-refractivity contribution in [3.8, 4) is 17.2 Å². The number of hydrogen-bond donors (Lipinski definition) is 0. The Morgan fingerprint density at radius 2 is 1.52 bits per heavy atom. The summed E-state index contributed by atoms with van der Waals surface area (Å²) in [4.78, 5) is 4.52. The number of rotatable bonds is 7. The van der Waals surface area contributed by atoms with E-state index in [1.807, 2.05) is 54.6 Å². The Labute approximate surface area is 185 Å². The Kier molecular flexibility index (Phi) is 6.60. The van der Waals surface area contributed by atoms with Crippen molar-refractivity contribution in [3.05, 3.63) is 119 Å². The van der Waals surface area contributed by atoms with Gasteiger partial charge >= 0.3 is 0 Å². The highest BCUT2D eigenvalue weighted by molar-refractivity contribution is 6.30. The Bertz CT molecular complexity index is 1160. The maximum Gasteiger partial charge on any atom is 0.128 e. The van der Waals surface area contributed by atoms with E-state index in [1.165, 1.54) is 12.1 Å². The quantitative estimate of drug-likeness (QED) is 0.282. The number of para-hydroxylation sites is 1. The maximum atomic E-state index is 13.1. The number of benzene rings is 4. The van der Waals surface area contributed by atoms with Crippen LogP contribution in [0.5, 0.6) is 17.2 Å². The van der Waals surface area contributed by atoms with E-state index in [0.717, 1.165) is 28.3 Å². The smallest absolute Gasteiger partial charge is 0.128 e. The topological polar surface area (TPSA) is 30.8 Å². The van der Waals surface area contributed by atoms with Gasteiger partial charge in [0.05, 0.1) is 5.69 Å². The fraction of sp³-hybridized carbons (Fsp3) is 0.0385. The van der Waals surface area contributed by atoms with Gasteiger partial charge in [-0.2, -0.15) is 0 Å². The molecule has 154 valence electrons. The molecule has 0 bridgehead atoms. The molecule has 0 N–H and O–H groups in total. The Morgan fingerprint density at radius 3 is 2.26 bits per heavy atom. The molecule has 0 heterocycles. The zero-order valence-electron chi connectivity index (χ0n) is 16.5. The van der Waals surface area contributed by atoms with Crippen LogP contribution in [0, 0.1) is 5.82 Å². The molecule has 0 saturated carbocycles. The normalized spacial score (nSPS) is 10.9. The number of nitrogens with zero attached hydrogens (tertiary/aromatic N) is 1. The first-order valence-electron chi connectivity index (χ1n) is 9.69. The second-order valence-corrected chi connectivity index (χ2v) is 7.20. The predicted molar refractivity (Wildman–Crippen MR) is 122 cm³/mol. The summed E-state index contributed by atoms with van der Waals surface area (Å²) >= 11 is 6.16. The highest BCUT2D eigenvalue weighted by atomic mass is 35.5. The number of halogens is 2. The molecule has 0 amide bonds. The van der Waals surface area contributed by atoms with Crippen LogP contribution in [0.3, 0.4) is 0 Å². The van der Waals surface area contributed by atoms with Gasteiger partial charge in [-0.3, -0.25) is 4.99 Å². The van der Waals surface area contributed by atoms with Gasteiger partial charge in [0.2, 0.25) is 0 Å². The van der Waals surface area contributed by atoms with E-state index >= 15 is 0 Å². The van der Waals surface area contributed by atoms with Gasteiger partial charge in [-0.25, -0.2) is 4.39 Å². The summed E-state index contributed by atoms with van der Waals surface area (Å²) in [6, 6.07) is 28.6. The van der Waals surface area contributed by atoms with Gasteiger partial charge in [-0.15, -0.1) is 0 Å². The van der Waals surface area contributed by atoms with E-state index in [1.54, 1.807) is 36.5 Å². The van der Waals surface area contributed by atoms with Gasteiger partial charge in [0, 0.05) is 16.8 Å². The lowest BCUT2D eigenvalue weighted by atomic mass is 10.2. The molecule has 4 aromatic carbocycles. The molecule has 3 nitrogen and oxygen atoms in total. The molecular formula is C26H19ClFNO2. The van der Waals surface area contributed by atoms with Crippen LogP contribution < -0.4 is 9.47 Å². The minimum atomic E-state index is -0.275. The summed E-state index contributed by atoms with van der Waals surface area (Å²) in [5, 5.41) is 0.585. The largest absolute Gasteiger partial charge is 0.488 e. The van der Waals surface area contributed by atoms with E-state index in [9.17, 15) is 4.39 Å². The third-order valence-corrected chi connectivity index (χ3v) is 4.68. The number of aliphatic imine (C=N–C) groups is 1. The Morgan fingerprint density at radius 1 is 0.806 bits per heavy atom. The van der Waals surface area contributed by atoms with Crippen molar-refractivity contribution in [1.82, 2.24) is 0 Å². The molecule has 0 atom stereocenters. The first-order valence-corrected chi connectivity index (χ1v) is 10.1. The van der Waals surface area contributed by atoms with E-state index < -0.39 is 0 Å². The molecule has 5 heteroatoms. The average Bonchev–Trinajstić information content (AvgIpc) is 2.80. The molecule has 0 unspecified atom stereocenters. The standard InChI is InChI=1S/C26H19ClFNO2/c27-21-8-15-26(30-18-19-6-9-22(28)10-7-19)20(16-21)17-29-23-11-13-25(14-12-23)31-24-4-2-1-3-5-24/h1-17H,18H2. The average molecular weight is 432 g/mol. The monoisotopic (exact) mass is 431 g/mol. The van der Waals surface area contributed by atoms with Crippen molar-refractivity contribution in [2.24, 2.45) is 4.99 Å².